The van der Waals surface area contributed by atoms with E-state index in [1.165, 1.54) is 31.2 Å². The van der Waals surface area contributed by atoms with Crippen molar-refractivity contribution < 1.29 is 9.53 Å². The Balaban J connectivity index is 1.15. The number of amides is 1. The first kappa shape index (κ1) is 23.4. The number of nitrogens with zero attached hydrogens (tertiary/aromatic N) is 5. The molecule has 2 unspecified atom stereocenters. The minimum absolute atomic E-state index is 0.0128. The first-order valence-corrected chi connectivity index (χ1v) is 12.5. The van der Waals surface area contributed by atoms with Gasteiger partial charge in [-0.15, -0.1) is 0 Å². The minimum Gasteiger partial charge on any atom is -0.372 e. The molecule has 1 N–H and O–H groups in total. The third kappa shape index (κ3) is 5.97. The largest absolute Gasteiger partial charge is 0.372 e. The number of likely N-dealkylation sites (tertiary alicyclic amines) is 2. The SMILES string of the molecule is CCOCC(=O)NCCCCN1CCC(c2cnc(N3C4CCC3CN(C)C4)nc2)CC1. The zero-order valence-corrected chi connectivity index (χ0v) is 19.8. The summed E-state index contributed by atoms with van der Waals surface area (Å²) in [5.74, 6) is 1.49. The Kier molecular flexibility index (Phi) is 8.32. The highest BCUT2D eigenvalue weighted by atomic mass is 16.5. The van der Waals surface area contributed by atoms with Crippen LogP contribution < -0.4 is 10.2 Å². The van der Waals surface area contributed by atoms with Gasteiger partial charge in [0.25, 0.3) is 0 Å². The van der Waals surface area contributed by atoms with Crippen molar-refractivity contribution in [2.75, 3.05) is 64.4 Å². The highest BCUT2D eigenvalue weighted by Crippen LogP contribution is 2.33. The molecule has 3 fully saturated rings. The van der Waals surface area contributed by atoms with Crippen molar-refractivity contribution in [2.24, 2.45) is 0 Å². The number of piperidine rings is 1. The summed E-state index contributed by atoms with van der Waals surface area (Å²) in [5.41, 5.74) is 1.30. The summed E-state index contributed by atoms with van der Waals surface area (Å²) in [6.45, 7) is 9.01. The van der Waals surface area contributed by atoms with E-state index < -0.39 is 0 Å². The lowest BCUT2D eigenvalue weighted by atomic mass is 9.91. The Morgan fingerprint density at radius 3 is 2.44 bits per heavy atom. The Bertz CT molecular complexity index is 708. The number of carbonyl (C=O) groups excluding carboxylic acids is 1. The number of ether oxygens (including phenoxy) is 1. The molecule has 2 atom stereocenters. The van der Waals surface area contributed by atoms with E-state index in [0.717, 1.165) is 58.1 Å². The molecule has 178 valence electrons. The van der Waals surface area contributed by atoms with Crippen LogP contribution in [0.1, 0.15) is 56.9 Å². The lowest BCUT2D eigenvalue weighted by molar-refractivity contribution is -0.125. The van der Waals surface area contributed by atoms with Gasteiger partial charge >= 0.3 is 0 Å². The zero-order valence-electron chi connectivity index (χ0n) is 19.8. The highest BCUT2D eigenvalue weighted by molar-refractivity contribution is 5.77. The molecule has 1 aromatic rings. The van der Waals surface area contributed by atoms with Crippen LogP contribution in [-0.4, -0.2) is 97.3 Å². The molecule has 1 amide bonds. The Hall–Kier alpha value is -1.77. The highest BCUT2D eigenvalue weighted by Gasteiger charge is 2.40. The summed E-state index contributed by atoms with van der Waals surface area (Å²) in [6, 6.07) is 1.15. The van der Waals surface area contributed by atoms with Crippen LogP contribution in [0.3, 0.4) is 0 Å². The molecular formula is C24H40N6O2. The third-order valence-corrected chi connectivity index (χ3v) is 7.27. The third-order valence-electron chi connectivity index (χ3n) is 7.27. The van der Waals surface area contributed by atoms with Gasteiger partial charge in [0, 0.05) is 50.7 Å². The predicted octanol–water partition coefficient (Wildman–Crippen LogP) is 1.87. The van der Waals surface area contributed by atoms with Crippen LogP contribution >= 0.6 is 0 Å². The Morgan fingerprint density at radius 2 is 1.78 bits per heavy atom. The number of unbranched alkanes of at least 4 members (excludes halogenated alkanes) is 1. The fourth-order valence-electron chi connectivity index (χ4n) is 5.54. The second kappa shape index (κ2) is 11.4. The van der Waals surface area contributed by atoms with Gasteiger partial charge in [-0.1, -0.05) is 0 Å². The van der Waals surface area contributed by atoms with Gasteiger partial charge in [0.05, 0.1) is 0 Å². The smallest absolute Gasteiger partial charge is 0.245 e. The number of carbonyl (C=O) groups is 1. The van der Waals surface area contributed by atoms with Gasteiger partial charge in [-0.25, -0.2) is 9.97 Å². The lowest BCUT2D eigenvalue weighted by Gasteiger charge is -2.39. The van der Waals surface area contributed by atoms with Crippen molar-refractivity contribution in [3.05, 3.63) is 18.0 Å². The van der Waals surface area contributed by atoms with Gasteiger partial charge in [0.1, 0.15) is 6.61 Å². The number of fused-ring (bicyclic) bond motifs is 2. The Morgan fingerprint density at radius 1 is 1.09 bits per heavy atom. The molecule has 4 heterocycles. The molecule has 0 saturated carbocycles. The van der Waals surface area contributed by atoms with Crippen molar-refractivity contribution >= 4 is 11.9 Å². The lowest BCUT2D eigenvalue weighted by Crippen LogP contribution is -2.53. The zero-order chi connectivity index (χ0) is 22.3. The molecule has 2 bridgehead atoms. The van der Waals surface area contributed by atoms with Crippen molar-refractivity contribution in [3.63, 3.8) is 0 Å². The Labute approximate surface area is 192 Å². The molecule has 0 radical (unpaired) electrons. The number of hydrogen-bond donors (Lipinski definition) is 1. The maximum absolute atomic E-state index is 11.5. The van der Waals surface area contributed by atoms with Crippen molar-refractivity contribution in [3.8, 4) is 0 Å². The van der Waals surface area contributed by atoms with Crippen LogP contribution in [0.5, 0.6) is 0 Å². The van der Waals surface area contributed by atoms with Crippen LogP contribution in [0.4, 0.5) is 5.95 Å². The maximum Gasteiger partial charge on any atom is 0.245 e. The average molecular weight is 445 g/mol. The van der Waals surface area contributed by atoms with Gasteiger partial charge in [0.15, 0.2) is 0 Å². The number of nitrogens with one attached hydrogen (secondary N) is 1. The monoisotopic (exact) mass is 444 g/mol. The van der Waals surface area contributed by atoms with Crippen LogP contribution in [0.15, 0.2) is 12.4 Å². The average Bonchev–Trinajstić information content (AvgIpc) is 3.08. The molecule has 8 heteroatoms. The van der Waals surface area contributed by atoms with Crippen LogP contribution in [0, 0.1) is 0 Å². The van der Waals surface area contributed by atoms with Gasteiger partial charge < -0.3 is 24.8 Å². The van der Waals surface area contributed by atoms with Crippen LogP contribution in [0.2, 0.25) is 0 Å². The minimum atomic E-state index is -0.0128. The van der Waals surface area contributed by atoms with Gasteiger partial charge in [-0.05, 0) is 83.6 Å². The van der Waals surface area contributed by atoms with Gasteiger partial charge in [-0.2, -0.15) is 0 Å². The molecule has 0 aromatic carbocycles. The second-order valence-electron chi connectivity index (χ2n) is 9.64. The molecule has 3 aliphatic heterocycles. The molecular weight excluding hydrogens is 404 g/mol. The van der Waals surface area contributed by atoms with Crippen LogP contribution in [0.25, 0.3) is 0 Å². The van der Waals surface area contributed by atoms with Crippen molar-refractivity contribution in [1.29, 1.82) is 0 Å². The topological polar surface area (TPSA) is 73.8 Å². The number of rotatable bonds is 10. The number of anilines is 1. The number of piperazine rings is 1. The molecule has 0 aliphatic carbocycles. The molecule has 32 heavy (non-hydrogen) atoms. The summed E-state index contributed by atoms with van der Waals surface area (Å²) >= 11 is 0. The first-order chi connectivity index (χ1) is 15.6. The van der Waals surface area contributed by atoms with E-state index in [9.17, 15) is 4.79 Å². The summed E-state index contributed by atoms with van der Waals surface area (Å²) in [4.78, 5) is 28.6. The molecule has 3 aliphatic rings. The standard InChI is InChI=1S/C24H40N6O2/c1-3-32-18-23(31)25-10-4-5-11-29-12-8-19(9-13-29)20-14-26-24(27-15-20)30-21-6-7-22(30)17-28(2)16-21/h14-15,19,21-22H,3-13,16-18H2,1-2H3,(H,25,31). The summed E-state index contributed by atoms with van der Waals surface area (Å²) < 4.78 is 5.11. The van der Waals surface area contributed by atoms with Gasteiger partial charge in [-0.3, -0.25) is 4.79 Å². The summed E-state index contributed by atoms with van der Waals surface area (Å²) in [5, 5.41) is 2.92. The van der Waals surface area contributed by atoms with Crippen molar-refractivity contribution in [1.82, 2.24) is 25.1 Å². The number of likely N-dealkylation sites (N-methyl/N-ethyl adjacent to an activating group) is 1. The molecule has 0 spiro atoms. The van der Waals surface area contributed by atoms with E-state index in [-0.39, 0.29) is 12.5 Å². The quantitative estimate of drug-likeness (QED) is 0.552. The normalized spacial score (nSPS) is 24.8. The number of aromatic nitrogens is 2. The number of hydrogen-bond acceptors (Lipinski definition) is 7. The van der Waals surface area contributed by atoms with E-state index in [2.05, 4.69) is 39.5 Å². The fraction of sp³-hybridized carbons (Fsp3) is 0.792. The van der Waals surface area contributed by atoms with E-state index in [0.29, 0.717) is 24.6 Å². The molecule has 4 rings (SSSR count). The maximum atomic E-state index is 11.5. The van der Waals surface area contributed by atoms with E-state index in [1.807, 2.05) is 6.92 Å². The van der Waals surface area contributed by atoms with E-state index in [4.69, 9.17) is 14.7 Å². The van der Waals surface area contributed by atoms with E-state index in [1.54, 1.807) is 0 Å². The van der Waals surface area contributed by atoms with Gasteiger partial charge in [0.2, 0.25) is 11.9 Å². The fourth-order valence-corrected chi connectivity index (χ4v) is 5.54. The van der Waals surface area contributed by atoms with E-state index >= 15 is 0 Å². The molecule has 8 nitrogen and oxygen atoms in total. The molecule has 3 saturated heterocycles. The summed E-state index contributed by atoms with van der Waals surface area (Å²) in [6.07, 6.45) is 11.2. The van der Waals surface area contributed by atoms with Crippen molar-refractivity contribution in [2.45, 2.75) is 63.5 Å². The molecule has 1 aromatic heterocycles. The second-order valence-corrected chi connectivity index (χ2v) is 9.64. The summed E-state index contributed by atoms with van der Waals surface area (Å²) in [7, 11) is 2.22. The van der Waals surface area contributed by atoms with Crippen LogP contribution in [-0.2, 0) is 9.53 Å². The predicted molar refractivity (Wildman–Crippen MR) is 126 cm³/mol. The first-order valence-electron chi connectivity index (χ1n) is 12.5.